The molecule has 1 aliphatic rings. The van der Waals surface area contributed by atoms with E-state index in [2.05, 4.69) is 40.7 Å². The third kappa shape index (κ3) is 1.59. The number of fused-ring (bicyclic) bond motifs is 7. The molecule has 0 spiro atoms. The van der Waals surface area contributed by atoms with Gasteiger partial charge in [-0.15, -0.1) is 11.3 Å². The van der Waals surface area contributed by atoms with E-state index in [9.17, 15) is 4.79 Å². The van der Waals surface area contributed by atoms with Gasteiger partial charge in [-0.2, -0.15) is 4.98 Å². The van der Waals surface area contributed by atoms with Crippen LogP contribution < -0.4 is 5.56 Å². The second-order valence-electron chi connectivity index (χ2n) is 6.11. The Labute approximate surface area is 136 Å². The lowest BCUT2D eigenvalue weighted by atomic mass is 10.0. The van der Waals surface area contributed by atoms with E-state index in [1.165, 1.54) is 21.2 Å². The number of aromatic nitrogens is 2. The molecule has 0 fully saturated rings. The Morgan fingerprint density at radius 1 is 1.13 bits per heavy atom. The fourth-order valence-electron chi connectivity index (χ4n) is 3.58. The van der Waals surface area contributed by atoms with Crippen LogP contribution in [0.2, 0.25) is 0 Å². The van der Waals surface area contributed by atoms with E-state index in [-0.39, 0.29) is 5.56 Å². The van der Waals surface area contributed by atoms with Gasteiger partial charge < -0.3 is 4.57 Å². The Morgan fingerprint density at radius 3 is 2.83 bits per heavy atom. The number of nitrogens with zero attached hydrogens (tertiary/aromatic N) is 2. The van der Waals surface area contributed by atoms with Gasteiger partial charge in [0.25, 0.3) is 5.56 Å². The zero-order valence-electron chi connectivity index (χ0n) is 12.9. The summed E-state index contributed by atoms with van der Waals surface area (Å²) in [6.45, 7) is 4.88. The van der Waals surface area contributed by atoms with E-state index in [4.69, 9.17) is 0 Å². The van der Waals surface area contributed by atoms with Crippen molar-refractivity contribution in [3.05, 3.63) is 62.8 Å². The lowest BCUT2D eigenvalue weighted by Crippen LogP contribution is -2.12. The van der Waals surface area contributed by atoms with Crippen LogP contribution in [0.4, 0.5) is 0 Å². The molecule has 23 heavy (non-hydrogen) atoms. The van der Waals surface area contributed by atoms with Crippen LogP contribution in [0.25, 0.3) is 32.4 Å². The molecule has 0 aliphatic carbocycles. The Hall–Kier alpha value is -2.46. The van der Waals surface area contributed by atoms with Crippen molar-refractivity contribution in [2.24, 2.45) is 0 Å². The first-order chi connectivity index (χ1) is 11.1. The quantitative estimate of drug-likeness (QED) is 0.428. The summed E-state index contributed by atoms with van der Waals surface area (Å²) in [5.41, 5.74) is 3.32. The first-order valence-corrected chi connectivity index (χ1v) is 8.48. The molecule has 2 aromatic heterocycles. The van der Waals surface area contributed by atoms with Crippen molar-refractivity contribution in [3.63, 3.8) is 0 Å². The van der Waals surface area contributed by atoms with Crippen LogP contribution in [0.1, 0.15) is 16.0 Å². The van der Waals surface area contributed by atoms with Gasteiger partial charge in [0.15, 0.2) is 0 Å². The topological polar surface area (TPSA) is 34.9 Å². The number of hydrogen-bond acceptors (Lipinski definition) is 3. The average Bonchev–Trinajstić information content (AvgIpc) is 3.06. The number of rotatable bonds is 0. The monoisotopic (exact) mass is 318 g/mol. The van der Waals surface area contributed by atoms with Gasteiger partial charge in [0.2, 0.25) is 0 Å². The smallest absolute Gasteiger partial charge is 0.282 e. The first kappa shape index (κ1) is 13.0. The number of benzene rings is 2. The van der Waals surface area contributed by atoms with E-state index in [0.717, 1.165) is 33.7 Å². The second kappa shape index (κ2) is 4.30. The van der Waals surface area contributed by atoms with Gasteiger partial charge >= 0.3 is 0 Å². The normalized spacial score (nSPS) is 12.8. The fraction of sp³-hybridized carbons (Fsp3) is 0.158. The van der Waals surface area contributed by atoms with Crippen molar-refractivity contribution in [2.45, 2.75) is 20.4 Å². The standard InChI is InChI=1S/C19H14N2OS/c1-10-11(2)23-19-15(10)18(22)20-17-16-13(9-21(17)19)8-7-12-5-3-4-6-14(12)16/h3-8H,9H2,1-2H3. The SMILES string of the molecule is Cc1sc2c(c1C)c(=O)nc1n2Cc2ccc3ccccc3c2-1. The summed E-state index contributed by atoms with van der Waals surface area (Å²) >= 11 is 1.70. The molecule has 0 N–H and O–H groups in total. The summed E-state index contributed by atoms with van der Waals surface area (Å²) in [6, 6.07) is 12.6. The molecule has 112 valence electrons. The van der Waals surface area contributed by atoms with Crippen molar-refractivity contribution in [3.8, 4) is 11.4 Å². The van der Waals surface area contributed by atoms with Crippen molar-refractivity contribution in [1.29, 1.82) is 0 Å². The minimum absolute atomic E-state index is 0.103. The Morgan fingerprint density at radius 2 is 1.96 bits per heavy atom. The highest BCUT2D eigenvalue weighted by Crippen LogP contribution is 2.39. The highest BCUT2D eigenvalue weighted by Gasteiger charge is 2.26. The molecule has 2 aromatic carbocycles. The summed E-state index contributed by atoms with van der Waals surface area (Å²) in [7, 11) is 0. The Kier molecular flexibility index (Phi) is 2.43. The molecule has 4 aromatic rings. The van der Waals surface area contributed by atoms with Crippen molar-refractivity contribution in [1.82, 2.24) is 9.55 Å². The minimum Gasteiger partial charge on any atom is -0.312 e. The van der Waals surface area contributed by atoms with Crippen LogP contribution in [0.15, 0.2) is 41.2 Å². The molecular formula is C19H14N2OS. The molecular weight excluding hydrogens is 304 g/mol. The van der Waals surface area contributed by atoms with E-state index in [1.807, 2.05) is 19.1 Å². The van der Waals surface area contributed by atoms with Gasteiger partial charge in [-0.05, 0) is 35.7 Å². The van der Waals surface area contributed by atoms with Gasteiger partial charge in [-0.25, -0.2) is 0 Å². The van der Waals surface area contributed by atoms with Crippen LogP contribution in [0.5, 0.6) is 0 Å². The zero-order valence-corrected chi connectivity index (χ0v) is 13.7. The summed E-state index contributed by atoms with van der Waals surface area (Å²) in [5.74, 6) is 0.815. The molecule has 0 saturated heterocycles. The Bertz CT molecular complexity index is 1180. The summed E-state index contributed by atoms with van der Waals surface area (Å²) in [5, 5.41) is 3.15. The number of aryl methyl sites for hydroxylation is 2. The van der Waals surface area contributed by atoms with E-state index in [1.54, 1.807) is 11.3 Å². The highest BCUT2D eigenvalue weighted by molar-refractivity contribution is 7.18. The predicted molar refractivity (Wildman–Crippen MR) is 95.4 cm³/mol. The van der Waals surface area contributed by atoms with Gasteiger partial charge in [0.05, 0.1) is 11.9 Å². The molecule has 0 unspecified atom stereocenters. The van der Waals surface area contributed by atoms with Crippen molar-refractivity contribution >= 4 is 32.3 Å². The average molecular weight is 318 g/mol. The van der Waals surface area contributed by atoms with Crippen LogP contribution in [0.3, 0.4) is 0 Å². The van der Waals surface area contributed by atoms with Crippen LogP contribution in [-0.4, -0.2) is 9.55 Å². The minimum atomic E-state index is -0.103. The van der Waals surface area contributed by atoms with E-state index < -0.39 is 0 Å². The third-order valence-electron chi connectivity index (χ3n) is 4.86. The van der Waals surface area contributed by atoms with Gasteiger partial charge in [-0.3, -0.25) is 4.79 Å². The van der Waals surface area contributed by atoms with Crippen molar-refractivity contribution < 1.29 is 0 Å². The molecule has 0 atom stereocenters. The summed E-state index contributed by atoms with van der Waals surface area (Å²) in [6.07, 6.45) is 0. The molecule has 0 amide bonds. The molecule has 0 bridgehead atoms. The maximum absolute atomic E-state index is 12.6. The van der Waals surface area contributed by atoms with E-state index >= 15 is 0 Å². The first-order valence-electron chi connectivity index (χ1n) is 7.66. The van der Waals surface area contributed by atoms with Crippen LogP contribution in [-0.2, 0) is 6.54 Å². The van der Waals surface area contributed by atoms with Crippen molar-refractivity contribution in [2.75, 3.05) is 0 Å². The highest BCUT2D eigenvalue weighted by atomic mass is 32.1. The van der Waals surface area contributed by atoms with Crippen LogP contribution >= 0.6 is 11.3 Å². The van der Waals surface area contributed by atoms with Gasteiger partial charge in [-0.1, -0.05) is 36.4 Å². The lowest BCUT2D eigenvalue weighted by Gasteiger charge is -2.06. The number of thiophene rings is 1. The maximum atomic E-state index is 12.6. The lowest BCUT2D eigenvalue weighted by molar-refractivity contribution is 0.860. The molecule has 0 saturated carbocycles. The second-order valence-corrected chi connectivity index (χ2v) is 7.31. The molecule has 3 heterocycles. The van der Waals surface area contributed by atoms with Gasteiger partial charge in [0, 0.05) is 10.4 Å². The molecule has 4 heteroatoms. The Balaban J connectivity index is 1.97. The molecule has 3 nitrogen and oxygen atoms in total. The number of hydrogen-bond donors (Lipinski definition) is 0. The van der Waals surface area contributed by atoms with E-state index in [0.29, 0.717) is 0 Å². The van der Waals surface area contributed by atoms with Gasteiger partial charge in [0.1, 0.15) is 10.7 Å². The summed E-state index contributed by atoms with van der Waals surface area (Å²) in [4.78, 5) is 19.3. The molecule has 5 rings (SSSR count). The fourth-order valence-corrected chi connectivity index (χ4v) is 4.73. The predicted octanol–water partition coefficient (Wildman–Crippen LogP) is 4.26. The third-order valence-corrected chi connectivity index (χ3v) is 6.09. The molecule has 1 aliphatic heterocycles. The molecule has 0 radical (unpaired) electrons. The van der Waals surface area contributed by atoms with Crippen LogP contribution in [0, 0.1) is 13.8 Å². The summed E-state index contributed by atoms with van der Waals surface area (Å²) < 4.78 is 2.21. The zero-order chi connectivity index (χ0) is 15.7. The maximum Gasteiger partial charge on any atom is 0.282 e. The largest absolute Gasteiger partial charge is 0.312 e.